The van der Waals surface area contributed by atoms with Gasteiger partial charge in [-0.2, -0.15) is 4.72 Å². The number of nitrogens with one attached hydrogen (secondary N) is 1. The van der Waals surface area contributed by atoms with Crippen LogP contribution in [0.2, 0.25) is 5.02 Å². The first-order valence-electron chi connectivity index (χ1n) is 11.8. The molecule has 1 N–H and O–H groups in total. The number of esters is 2. The maximum atomic E-state index is 13.4. The van der Waals surface area contributed by atoms with Crippen molar-refractivity contribution in [2.45, 2.75) is 70.6 Å². The molecule has 0 saturated carbocycles. The molecule has 0 fully saturated rings. The predicted octanol–water partition coefficient (Wildman–Crippen LogP) is 5.52. The number of ether oxygens (including phenoxy) is 3. The predicted molar refractivity (Wildman–Crippen MR) is 145 cm³/mol. The van der Waals surface area contributed by atoms with Crippen LogP contribution in [0.3, 0.4) is 0 Å². The Labute approximate surface area is 229 Å². The van der Waals surface area contributed by atoms with Crippen molar-refractivity contribution in [3.8, 4) is 5.75 Å². The van der Waals surface area contributed by atoms with Gasteiger partial charge in [-0.15, -0.1) is 0 Å². The summed E-state index contributed by atoms with van der Waals surface area (Å²) in [6.07, 6.45) is 0. The third kappa shape index (κ3) is 9.33. The van der Waals surface area contributed by atoms with Gasteiger partial charge in [0.25, 0.3) is 0 Å². The van der Waals surface area contributed by atoms with E-state index in [2.05, 4.69) is 10.5 Å². The molecule has 206 valence electrons. The van der Waals surface area contributed by atoms with E-state index in [0.717, 1.165) is 0 Å². The van der Waals surface area contributed by atoms with Crippen molar-refractivity contribution in [3.63, 3.8) is 0 Å². The van der Waals surface area contributed by atoms with Crippen LogP contribution in [0, 0.1) is 0 Å². The van der Waals surface area contributed by atoms with Crippen LogP contribution in [0.5, 0.6) is 5.75 Å². The minimum atomic E-state index is -4.18. The van der Waals surface area contributed by atoms with Crippen LogP contribution in [-0.2, 0) is 29.1 Å². The van der Waals surface area contributed by atoms with E-state index < -0.39 is 39.2 Å². The molecule has 0 heterocycles. The zero-order valence-electron chi connectivity index (χ0n) is 22.8. The lowest BCUT2D eigenvalue weighted by molar-refractivity contribution is -0.150. The second-order valence-corrected chi connectivity index (χ2v) is 12.6. The fourth-order valence-electron chi connectivity index (χ4n) is 3.11. The van der Waals surface area contributed by atoms with Crippen LogP contribution in [0.4, 0.5) is 0 Å². The minimum absolute atomic E-state index is 0.0385. The van der Waals surface area contributed by atoms with Gasteiger partial charge in [-0.25, -0.2) is 18.0 Å². The molecule has 2 aromatic carbocycles. The van der Waals surface area contributed by atoms with E-state index in [0.29, 0.717) is 16.3 Å². The second-order valence-electron chi connectivity index (χ2n) is 10.4. The van der Waals surface area contributed by atoms with Crippen molar-refractivity contribution in [1.82, 2.24) is 4.72 Å². The summed E-state index contributed by atoms with van der Waals surface area (Å²) >= 11 is 6.06. The standard InChI is InChI=1S/C28H34ClNO7S/c1-18(25(31)36-27(2,3)4)17-23(26(32)37-28(5,6)7)24(19-9-11-20(29)12-10-19)30-38(33,34)22-15-13-21(35-8)14-16-22/h9-16,24,30H,1-8H3/t17?,24-/m1/s1. The molecule has 10 heteroatoms. The van der Waals surface area contributed by atoms with E-state index in [1.165, 1.54) is 38.3 Å². The molecule has 0 amide bonds. The Hall–Kier alpha value is -3.10. The van der Waals surface area contributed by atoms with Gasteiger partial charge in [-0.3, -0.25) is 0 Å². The van der Waals surface area contributed by atoms with Crippen LogP contribution in [-0.4, -0.2) is 38.7 Å². The highest BCUT2D eigenvalue weighted by molar-refractivity contribution is 7.89. The Kier molecular flexibility index (Phi) is 9.97. The van der Waals surface area contributed by atoms with Crippen molar-refractivity contribution in [3.05, 3.63) is 76.0 Å². The van der Waals surface area contributed by atoms with Crippen LogP contribution in [0.1, 0.15) is 60.1 Å². The molecule has 0 radical (unpaired) electrons. The number of rotatable bonds is 8. The average Bonchev–Trinajstić information content (AvgIpc) is 2.79. The number of sulfonamides is 1. The Bertz CT molecular complexity index is 1330. The van der Waals surface area contributed by atoms with Gasteiger partial charge in [0.15, 0.2) is 0 Å². The molecule has 1 atom stereocenters. The van der Waals surface area contributed by atoms with E-state index >= 15 is 0 Å². The maximum absolute atomic E-state index is 13.4. The normalized spacial score (nSPS) is 12.7. The van der Waals surface area contributed by atoms with Gasteiger partial charge >= 0.3 is 11.9 Å². The van der Waals surface area contributed by atoms with Crippen molar-refractivity contribution in [2.75, 3.05) is 7.11 Å². The highest BCUT2D eigenvalue weighted by atomic mass is 35.5. The molecule has 8 nitrogen and oxygen atoms in total. The summed E-state index contributed by atoms with van der Waals surface area (Å²) < 4.78 is 45.5. The number of benzene rings is 2. The lowest BCUT2D eigenvalue weighted by atomic mass is 9.99. The zero-order valence-corrected chi connectivity index (χ0v) is 24.4. The van der Waals surface area contributed by atoms with E-state index in [4.69, 9.17) is 25.8 Å². The zero-order chi connectivity index (χ0) is 28.9. The Morgan fingerprint density at radius 3 is 1.84 bits per heavy atom. The summed E-state index contributed by atoms with van der Waals surface area (Å²) in [7, 11) is -2.71. The lowest BCUT2D eigenvalue weighted by Crippen LogP contribution is -2.34. The summed E-state index contributed by atoms with van der Waals surface area (Å²) in [4.78, 5) is 26.1. The summed E-state index contributed by atoms with van der Waals surface area (Å²) in [6, 6.07) is 10.7. The Morgan fingerprint density at radius 1 is 0.868 bits per heavy atom. The SMILES string of the molecule is COc1ccc(S(=O)(=O)N[C@@H](C(=C=C(C)C(=O)OC(C)(C)C)C(=O)OC(C)(C)C)c2ccc(Cl)cc2)cc1. The first kappa shape index (κ1) is 31.1. The van der Waals surface area contributed by atoms with Gasteiger partial charge in [-0.1, -0.05) is 29.5 Å². The van der Waals surface area contributed by atoms with Gasteiger partial charge in [0, 0.05) is 5.02 Å². The number of hydrogen-bond donors (Lipinski definition) is 1. The van der Waals surface area contributed by atoms with Crippen molar-refractivity contribution in [2.24, 2.45) is 0 Å². The van der Waals surface area contributed by atoms with Crippen molar-refractivity contribution in [1.29, 1.82) is 0 Å². The van der Waals surface area contributed by atoms with E-state index in [1.54, 1.807) is 65.8 Å². The molecule has 0 bridgehead atoms. The van der Waals surface area contributed by atoms with Gasteiger partial charge in [0.2, 0.25) is 10.0 Å². The molecule has 2 aromatic rings. The fourth-order valence-corrected chi connectivity index (χ4v) is 4.43. The molecule has 2 rings (SSSR count). The molecule has 0 unspecified atom stereocenters. The van der Waals surface area contributed by atoms with Crippen molar-refractivity contribution >= 4 is 33.6 Å². The third-order valence-corrected chi connectivity index (χ3v) is 6.47. The third-order valence-electron chi connectivity index (χ3n) is 4.78. The molecule has 0 spiro atoms. The minimum Gasteiger partial charge on any atom is -0.497 e. The summed E-state index contributed by atoms with van der Waals surface area (Å²) in [5, 5.41) is 0.411. The Balaban J connectivity index is 2.76. The molecular formula is C28H34ClNO7S. The van der Waals surface area contributed by atoms with Crippen molar-refractivity contribution < 1.29 is 32.2 Å². The fraction of sp³-hybridized carbons (Fsp3) is 0.393. The molecule has 0 aliphatic carbocycles. The summed E-state index contributed by atoms with van der Waals surface area (Å²) in [5.74, 6) is -1.10. The molecule has 0 aromatic heterocycles. The number of hydrogen-bond acceptors (Lipinski definition) is 7. The monoisotopic (exact) mass is 563 g/mol. The second kappa shape index (κ2) is 12.2. The molecule has 38 heavy (non-hydrogen) atoms. The number of carbonyl (C=O) groups excluding carboxylic acids is 2. The number of carbonyl (C=O) groups is 2. The first-order valence-corrected chi connectivity index (χ1v) is 13.6. The largest absolute Gasteiger partial charge is 0.497 e. The average molecular weight is 564 g/mol. The summed E-state index contributed by atoms with van der Waals surface area (Å²) in [5.41, 5.74) is 1.16. The van der Waals surface area contributed by atoms with E-state index in [-0.39, 0.29) is 16.0 Å². The Morgan fingerprint density at radius 2 is 1.37 bits per heavy atom. The van der Waals surface area contributed by atoms with E-state index in [1.807, 2.05) is 0 Å². The van der Waals surface area contributed by atoms with Gasteiger partial charge in [0.1, 0.15) is 22.5 Å². The van der Waals surface area contributed by atoms with Crippen LogP contribution in [0.15, 0.2) is 70.3 Å². The molecule has 0 saturated heterocycles. The smallest absolute Gasteiger partial charge is 0.344 e. The first-order chi connectivity index (χ1) is 17.4. The number of halogens is 1. The highest BCUT2D eigenvalue weighted by Gasteiger charge is 2.32. The van der Waals surface area contributed by atoms with Crippen LogP contribution < -0.4 is 9.46 Å². The van der Waals surface area contributed by atoms with Crippen LogP contribution in [0.25, 0.3) is 0 Å². The molecule has 0 aliphatic heterocycles. The molecular weight excluding hydrogens is 530 g/mol. The van der Waals surface area contributed by atoms with Gasteiger partial charge < -0.3 is 14.2 Å². The van der Waals surface area contributed by atoms with E-state index in [9.17, 15) is 18.0 Å². The summed E-state index contributed by atoms with van der Waals surface area (Å²) in [6.45, 7) is 11.6. The molecule has 0 aliphatic rings. The van der Waals surface area contributed by atoms with Crippen LogP contribution >= 0.6 is 11.6 Å². The van der Waals surface area contributed by atoms with Gasteiger partial charge in [-0.05, 0) is 90.4 Å². The maximum Gasteiger partial charge on any atom is 0.344 e. The highest BCUT2D eigenvalue weighted by Crippen LogP contribution is 2.29. The van der Waals surface area contributed by atoms with Gasteiger partial charge in [0.05, 0.1) is 23.6 Å². The topological polar surface area (TPSA) is 108 Å². The quantitative estimate of drug-likeness (QED) is 0.256. The lowest BCUT2D eigenvalue weighted by Gasteiger charge is -2.25. The number of methoxy groups -OCH3 is 1.